The molecular weight excluding hydrogens is 662 g/mol. The van der Waals surface area contributed by atoms with E-state index in [-0.39, 0.29) is 22.8 Å². The minimum Gasteiger partial charge on any atom is -0.490 e. The number of ether oxygens (including phenoxy) is 3. The summed E-state index contributed by atoms with van der Waals surface area (Å²) in [6, 6.07) is 11.4. The normalized spacial score (nSPS) is 23.3. The van der Waals surface area contributed by atoms with Gasteiger partial charge in [-0.1, -0.05) is 29.8 Å². The first kappa shape index (κ1) is 36.9. The van der Waals surface area contributed by atoms with Crippen LogP contribution in [0, 0.1) is 11.8 Å². The van der Waals surface area contributed by atoms with Crippen molar-refractivity contribution in [1.29, 1.82) is 0 Å². The molecule has 2 amide bonds. The smallest absolute Gasteiger partial charge is 0.420 e. The monoisotopic (exact) mass is 711 g/mol. The van der Waals surface area contributed by atoms with E-state index in [9.17, 15) is 13.8 Å². The zero-order valence-corrected chi connectivity index (χ0v) is 30.7. The highest BCUT2D eigenvalue weighted by atomic mass is 35.5. The van der Waals surface area contributed by atoms with Crippen molar-refractivity contribution < 1.29 is 28.0 Å². The summed E-state index contributed by atoms with van der Waals surface area (Å²) < 4.78 is 38.2. The quantitative estimate of drug-likeness (QED) is 0.186. The fourth-order valence-electron chi connectivity index (χ4n) is 7.39. The number of aryl methyl sites for hydroxylation is 1. The molecule has 1 fully saturated rings. The largest absolute Gasteiger partial charge is 0.490 e. The summed E-state index contributed by atoms with van der Waals surface area (Å²) in [5.74, 6) is 0.651. The molecule has 1 N–H and O–H groups in total. The Morgan fingerprint density at radius 3 is 2.69 bits per heavy atom. The fraction of sp³-hybridized carbons (Fsp3) is 0.526. The van der Waals surface area contributed by atoms with Gasteiger partial charge >= 0.3 is 6.09 Å². The molecule has 1 saturated carbocycles. The van der Waals surface area contributed by atoms with E-state index in [4.69, 9.17) is 25.8 Å². The highest BCUT2D eigenvalue weighted by Crippen LogP contribution is 2.47. The predicted octanol–water partition coefficient (Wildman–Crippen LogP) is 8.05. The van der Waals surface area contributed by atoms with Crippen molar-refractivity contribution in [3.05, 3.63) is 83.4 Å². The Kier molecular flexibility index (Phi) is 11.5. The number of hydrogen-bond donors (Lipinski definition) is 1. The summed E-state index contributed by atoms with van der Waals surface area (Å²) in [4.78, 5) is 28.8. The summed E-state index contributed by atoms with van der Waals surface area (Å²) in [6.07, 6.45) is 8.68. The van der Waals surface area contributed by atoms with Crippen molar-refractivity contribution >= 4 is 39.2 Å². The molecular formula is C38H50ClN3O6S. The number of allylic oxidation sites excluding steroid dienone is 1. The Morgan fingerprint density at radius 1 is 1.22 bits per heavy atom. The third kappa shape index (κ3) is 8.70. The molecule has 2 aromatic rings. The van der Waals surface area contributed by atoms with Crippen molar-refractivity contribution in [2.45, 2.75) is 82.8 Å². The predicted molar refractivity (Wildman–Crippen MR) is 196 cm³/mol. The zero-order chi connectivity index (χ0) is 35.4. The highest BCUT2D eigenvalue weighted by Gasteiger charge is 2.44. The lowest BCUT2D eigenvalue weighted by atomic mass is 9.68. The van der Waals surface area contributed by atoms with Gasteiger partial charge in [0.15, 0.2) is 0 Å². The van der Waals surface area contributed by atoms with Crippen molar-refractivity contribution in [1.82, 2.24) is 4.72 Å². The molecule has 5 atom stereocenters. The number of carbonyl (C=O) groups is 2. The van der Waals surface area contributed by atoms with Gasteiger partial charge in [-0.05, 0) is 119 Å². The van der Waals surface area contributed by atoms with E-state index in [2.05, 4.69) is 39.3 Å². The molecule has 5 rings (SSSR count). The molecule has 1 heterocycles. The summed E-state index contributed by atoms with van der Waals surface area (Å²) in [6.45, 7) is 14.8. The number of carbonyl (C=O) groups excluding carboxylic acids is 2. The number of fused-ring (bicyclic) bond motifs is 3. The van der Waals surface area contributed by atoms with Gasteiger partial charge in [0.05, 0.1) is 24.2 Å². The number of methoxy groups -OCH3 is 1. The molecule has 2 aliphatic carbocycles. The van der Waals surface area contributed by atoms with Gasteiger partial charge in [0, 0.05) is 36.2 Å². The van der Waals surface area contributed by atoms with Crippen LogP contribution in [0.5, 0.6) is 5.75 Å². The molecule has 11 heteroatoms. The number of nitrogens with one attached hydrogen (secondary N) is 1. The van der Waals surface area contributed by atoms with E-state index in [1.807, 2.05) is 12.1 Å². The lowest BCUT2D eigenvalue weighted by molar-refractivity contribution is 0.0135. The molecule has 2 aromatic carbocycles. The maximum absolute atomic E-state index is 13.9. The average Bonchev–Trinajstić information content (AvgIpc) is 3.17. The van der Waals surface area contributed by atoms with Gasteiger partial charge in [0.25, 0.3) is 5.91 Å². The number of amides is 2. The van der Waals surface area contributed by atoms with Crippen molar-refractivity contribution in [2.75, 3.05) is 37.5 Å². The fourth-order valence-corrected chi connectivity index (χ4v) is 9.06. The molecule has 0 aromatic heterocycles. The molecule has 0 radical (unpaired) electrons. The topological polar surface area (TPSA) is 107 Å². The number of hydrogen-bond acceptors (Lipinski definition) is 7. The maximum Gasteiger partial charge on any atom is 0.420 e. The average molecular weight is 712 g/mol. The van der Waals surface area contributed by atoms with Crippen LogP contribution in [0.2, 0.25) is 5.02 Å². The second-order valence-corrected chi connectivity index (χ2v) is 17.0. The molecule has 1 unspecified atom stereocenters. The van der Waals surface area contributed by atoms with E-state index >= 15 is 0 Å². The van der Waals surface area contributed by atoms with Crippen LogP contribution in [0.3, 0.4) is 0 Å². The molecule has 0 saturated heterocycles. The summed E-state index contributed by atoms with van der Waals surface area (Å²) in [5.41, 5.74) is 2.46. The number of rotatable bonds is 11. The van der Waals surface area contributed by atoms with E-state index in [1.54, 1.807) is 52.2 Å². The van der Waals surface area contributed by atoms with Crippen LogP contribution in [0.15, 0.2) is 66.1 Å². The summed E-state index contributed by atoms with van der Waals surface area (Å²) >= 11 is 6.43. The number of unbranched alkanes of at least 4 members (excludes halogenated alkanes) is 1. The third-order valence-corrected chi connectivity index (χ3v) is 11.9. The van der Waals surface area contributed by atoms with Gasteiger partial charge in [-0.15, -0.1) is 17.5 Å². The van der Waals surface area contributed by atoms with Crippen LogP contribution >= 0.6 is 11.6 Å². The maximum atomic E-state index is 13.9. The molecule has 266 valence electrons. The third-order valence-electron chi connectivity index (χ3n) is 9.84. The van der Waals surface area contributed by atoms with Crippen molar-refractivity contribution in [2.24, 2.45) is 16.2 Å². The Balaban J connectivity index is 1.52. The van der Waals surface area contributed by atoms with Crippen LogP contribution in [0.1, 0.15) is 80.8 Å². The Morgan fingerprint density at radius 2 is 2.02 bits per heavy atom. The van der Waals surface area contributed by atoms with Gasteiger partial charge in [0.1, 0.15) is 21.3 Å². The Labute approximate surface area is 296 Å². The Bertz CT molecular complexity index is 1700. The van der Waals surface area contributed by atoms with E-state index in [0.29, 0.717) is 43.6 Å². The first-order valence-corrected chi connectivity index (χ1v) is 19.2. The van der Waals surface area contributed by atoms with E-state index in [0.717, 1.165) is 49.4 Å². The van der Waals surface area contributed by atoms with Crippen LogP contribution < -0.4 is 14.4 Å². The standard InChI is InChI=1S/C38H50ClN3O6S/c1-7-9-10-20-49(45,41-36(44)48-37(3,4)5)40-35(43)27-14-18-34-32(22-27)42(23-28-13-16-30(28)33(8-2)46-6)24-38(25-47-34)19-11-12-26-21-29(39)15-17-31(26)38/h7-8,14-15,17-18,21-22,28,30,33H,1-2,9-13,16,19-20,23-25H2,3-6H3,(H,40,41,43,44,45)/t28-,30+,33-,38-,49?/m0/s1. The van der Waals surface area contributed by atoms with Crippen LogP contribution in [-0.4, -0.2) is 60.5 Å². The van der Waals surface area contributed by atoms with Gasteiger partial charge in [0.2, 0.25) is 0 Å². The number of halogens is 1. The zero-order valence-electron chi connectivity index (χ0n) is 29.2. The van der Waals surface area contributed by atoms with Gasteiger partial charge in [-0.3, -0.25) is 4.79 Å². The van der Waals surface area contributed by atoms with Gasteiger partial charge in [-0.25, -0.2) is 13.7 Å². The number of anilines is 1. The van der Waals surface area contributed by atoms with Gasteiger partial charge < -0.3 is 19.1 Å². The molecule has 1 spiro atoms. The van der Waals surface area contributed by atoms with Gasteiger partial charge in [-0.2, -0.15) is 0 Å². The van der Waals surface area contributed by atoms with Crippen LogP contribution in [-0.2, 0) is 31.2 Å². The van der Waals surface area contributed by atoms with E-state index < -0.39 is 27.5 Å². The second kappa shape index (κ2) is 15.3. The van der Waals surface area contributed by atoms with E-state index in [1.165, 1.54) is 11.1 Å². The highest BCUT2D eigenvalue weighted by molar-refractivity contribution is 7.92. The first-order valence-electron chi connectivity index (χ1n) is 17.2. The van der Waals surface area contributed by atoms with Crippen molar-refractivity contribution in [3.8, 4) is 5.75 Å². The number of nitrogens with zero attached hydrogens (tertiary/aromatic N) is 2. The minimum absolute atomic E-state index is 0.0246. The van der Waals surface area contributed by atoms with Crippen molar-refractivity contribution in [3.63, 3.8) is 0 Å². The second-order valence-electron chi connectivity index (χ2n) is 14.5. The van der Waals surface area contributed by atoms with Crippen LogP contribution in [0.4, 0.5) is 10.5 Å². The molecule has 0 bridgehead atoms. The minimum atomic E-state index is -3.49. The lowest BCUT2D eigenvalue weighted by Gasteiger charge is -2.46. The SMILES string of the molecule is C=CCCCS(=O)(=NC(=O)c1ccc2c(c1)N(C[C@@H]1CC[C@H]1[C@H](C=C)OC)C[C@@]1(CCCc3cc(Cl)ccc31)CO2)NC(=O)OC(C)(C)C. The Hall–Kier alpha value is -3.34. The summed E-state index contributed by atoms with van der Waals surface area (Å²) in [5, 5.41) is 0.729. The summed E-state index contributed by atoms with van der Waals surface area (Å²) in [7, 11) is -1.77. The molecule has 1 aliphatic heterocycles. The molecule has 9 nitrogen and oxygen atoms in total. The molecule has 3 aliphatic rings. The number of benzene rings is 2. The lowest BCUT2D eigenvalue weighted by Crippen LogP contribution is -2.49. The molecule has 49 heavy (non-hydrogen) atoms. The first-order chi connectivity index (χ1) is 23.3. The van der Waals surface area contributed by atoms with Crippen LogP contribution in [0.25, 0.3) is 0 Å².